The van der Waals surface area contributed by atoms with Crippen LogP contribution in [0.1, 0.15) is 62.9 Å². The first kappa shape index (κ1) is 24.9. The summed E-state index contributed by atoms with van der Waals surface area (Å²) in [5.41, 5.74) is 12.9. The highest BCUT2D eigenvalue weighted by molar-refractivity contribution is 6.04. The molecule has 2 heterocycles. The number of hydrogen-bond donors (Lipinski definition) is 2. The minimum absolute atomic E-state index is 0.104. The van der Waals surface area contributed by atoms with Gasteiger partial charge in [-0.3, -0.25) is 9.69 Å². The third-order valence-electron chi connectivity index (χ3n) is 7.47. The Morgan fingerprint density at radius 3 is 2.68 bits per heavy atom. The lowest BCUT2D eigenvalue weighted by atomic mass is 9.85. The molecule has 1 fully saturated rings. The molecule has 1 aliphatic carbocycles. The quantitative estimate of drug-likeness (QED) is 0.536. The van der Waals surface area contributed by atoms with E-state index in [1.807, 2.05) is 38.1 Å². The van der Waals surface area contributed by atoms with Crippen LogP contribution in [-0.4, -0.2) is 58.9 Å². The fourth-order valence-electron chi connectivity index (χ4n) is 5.16. The summed E-state index contributed by atoms with van der Waals surface area (Å²) in [5, 5.41) is 3.06. The molecule has 1 atom stereocenters. The molecule has 1 aliphatic heterocycles. The first-order chi connectivity index (χ1) is 17.9. The highest BCUT2D eigenvalue weighted by Crippen LogP contribution is 2.35. The van der Waals surface area contributed by atoms with E-state index >= 15 is 0 Å². The molecule has 0 radical (unpaired) electrons. The summed E-state index contributed by atoms with van der Waals surface area (Å²) in [6.45, 7) is 8.24. The van der Waals surface area contributed by atoms with Gasteiger partial charge in [-0.25, -0.2) is 9.97 Å². The van der Waals surface area contributed by atoms with Gasteiger partial charge in [-0.2, -0.15) is 0 Å². The topological polar surface area (TPSA) is 87.4 Å². The minimum atomic E-state index is -0.104. The predicted octanol–water partition coefficient (Wildman–Crippen LogP) is 3.95. The van der Waals surface area contributed by atoms with Gasteiger partial charge in [0.15, 0.2) is 0 Å². The van der Waals surface area contributed by atoms with Gasteiger partial charge in [0, 0.05) is 49.0 Å². The molecule has 7 heteroatoms. The van der Waals surface area contributed by atoms with E-state index in [-0.39, 0.29) is 5.91 Å². The van der Waals surface area contributed by atoms with Crippen molar-refractivity contribution >= 4 is 17.4 Å². The van der Waals surface area contributed by atoms with E-state index in [0.29, 0.717) is 34.5 Å². The molecular weight excluding hydrogens is 460 g/mol. The zero-order valence-corrected chi connectivity index (χ0v) is 21.8. The van der Waals surface area contributed by atoms with Crippen LogP contribution < -0.4 is 11.1 Å². The molecule has 1 saturated heterocycles. The van der Waals surface area contributed by atoms with E-state index in [0.717, 1.165) is 50.1 Å². The number of nitrogen functional groups attached to an aromatic ring is 1. The number of nitrogens with two attached hydrogens (primary N) is 1. The van der Waals surface area contributed by atoms with Crippen LogP contribution in [0.3, 0.4) is 0 Å². The second kappa shape index (κ2) is 10.7. The minimum Gasteiger partial charge on any atom is -0.382 e. The lowest BCUT2D eigenvalue weighted by Crippen LogP contribution is -2.46. The molecule has 0 unspecified atom stereocenters. The van der Waals surface area contributed by atoms with Gasteiger partial charge in [0.2, 0.25) is 0 Å². The molecule has 1 aromatic heterocycles. The number of carbonyl (C=O) groups excluding carboxylic acids is 1. The second-order valence-electron chi connectivity index (χ2n) is 10.1. The van der Waals surface area contributed by atoms with E-state index in [1.165, 1.54) is 17.5 Å². The van der Waals surface area contributed by atoms with Crippen LogP contribution in [0.5, 0.6) is 0 Å². The maximum Gasteiger partial charge on any atom is 0.255 e. The summed E-state index contributed by atoms with van der Waals surface area (Å²) in [6, 6.07) is 12.5. The smallest absolute Gasteiger partial charge is 0.255 e. The molecule has 2 aromatic carbocycles. The molecule has 0 saturated carbocycles. The Kier molecular flexibility index (Phi) is 7.22. The highest BCUT2D eigenvalue weighted by atomic mass is 16.1. The summed E-state index contributed by atoms with van der Waals surface area (Å²) in [4.78, 5) is 26.7. The number of amides is 1. The zero-order chi connectivity index (χ0) is 25.9. The number of nitrogens with one attached hydrogen (secondary N) is 1. The lowest BCUT2D eigenvalue weighted by Gasteiger charge is -2.40. The van der Waals surface area contributed by atoms with Gasteiger partial charge in [0.1, 0.15) is 11.5 Å². The van der Waals surface area contributed by atoms with Crippen LogP contribution in [-0.2, 0) is 6.42 Å². The average Bonchev–Trinajstić information content (AvgIpc) is 2.90. The fourth-order valence-corrected chi connectivity index (χ4v) is 5.16. The Bertz CT molecular complexity index is 1380. The van der Waals surface area contributed by atoms with E-state index < -0.39 is 0 Å². The number of benzene rings is 2. The third kappa shape index (κ3) is 5.66. The number of hydrogen-bond acceptors (Lipinski definition) is 6. The Labute approximate surface area is 219 Å². The number of anilines is 2. The van der Waals surface area contributed by atoms with Crippen molar-refractivity contribution in [1.82, 2.24) is 19.8 Å². The largest absolute Gasteiger partial charge is 0.382 e. The molecule has 0 spiro atoms. The zero-order valence-electron chi connectivity index (χ0n) is 21.8. The van der Waals surface area contributed by atoms with Gasteiger partial charge >= 0.3 is 0 Å². The summed E-state index contributed by atoms with van der Waals surface area (Å²) in [7, 11) is 2.19. The normalized spacial score (nSPS) is 18.0. The van der Waals surface area contributed by atoms with Crippen molar-refractivity contribution in [3.8, 4) is 11.8 Å². The number of piperazine rings is 1. The van der Waals surface area contributed by atoms with Crippen molar-refractivity contribution in [2.24, 2.45) is 0 Å². The Balaban J connectivity index is 1.31. The summed E-state index contributed by atoms with van der Waals surface area (Å²) in [6.07, 6.45) is 4.95. The number of rotatable bonds is 3. The van der Waals surface area contributed by atoms with Crippen LogP contribution in [0.25, 0.3) is 0 Å². The van der Waals surface area contributed by atoms with Crippen LogP contribution in [0, 0.1) is 25.7 Å². The average molecular weight is 495 g/mol. The molecule has 1 amide bonds. The van der Waals surface area contributed by atoms with Gasteiger partial charge in [-0.15, -0.1) is 0 Å². The summed E-state index contributed by atoms with van der Waals surface area (Å²) < 4.78 is 0. The molecule has 5 rings (SSSR count). The fraction of sp³-hybridized carbons (Fsp3) is 0.367. The predicted molar refractivity (Wildman–Crippen MR) is 147 cm³/mol. The Morgan fingerprint density at radius 1 is 1.08 bits per heavy atom. The van der Waals surface area contributed by atoms with Crippen molar-refractivity contribution < 1.29 is 4.79 Å². The molecule has 3 N–H and O–H groups in total. The first-order valence-electron chi connectivity index (χ1n) is 13.0. The van der Waals surface area contributed by atoms with Crippen molar-refractivity contribution in [2.75, 3.05) is 44.3 Å². The second-order valence-corrected chi connectivity index (χ2v) is 10.1. The highest BCUT2D eigenvalue weighted by Gasteiger charge is 2.28. The SMILES string of the molecule is Cc1ccc(NC(=O)c2ccc3c(c2)CCC[C@@H]3N2CCN(C)CC2)cc1C#Cc1cnc(N)c(C)n1. The van der Waals surface area contributed by atoms with E-state index in [4.69, 9.17) is 5.73 Å². The lowest BCUT2D eigenvalue weighted by molar-refractivity contribution is 0.101. The maximum absolute atomic E-state index is 13.2. The third-order valence-corrected chi connectivity index (χ3v) is 7.47. The number of aryl methyl sites for hydroxylation is 3. The van der Waals surface area contributed by atoms with Crippen LogP contribution in [0.2, 0.25) is 0 Å². The van der Waals surface area contributed by atoms with E-state index in [9.17, 15) is 4.79 Å². The molecule has 0 bridgehead atoms. The first-order valence-corrected chi connectivity index (χ1v) is 13.0. The van der Waals surface area contributed by atoms with Crippen LogP contribution in [0.15, 0.2) is 42.6 Å². The van der Waals surface area contributed by atoms with Crippen LogP contribution >= 0.6 is 0 Å². The van der Waals surface area contributed by atoms with Crippen molar-refractivity contribution in [2.45, 2.75) is 39.2 Å². The maximum atomic E-state index is 13.2. The number of carbonyl (C=O) groups is 1. The number of likely N-dealkylation sites (N-methyl/N-ethyl adjacent to an activating group) is 1. The van der Waals surface area contributed by atoms with Crippen molar-refractivity contribution in [3.05, 3.63) is 81.8 Å². The summed E-state index contributed by atoms with van der Waals surface area (Å²) >= 11 is 0. The Morgan fingerprint density at radius 2 is 1.89 bits per heavy atom. The monoisotopic (exact) mass is 494 g/mol. The van der Waals surface area contributed by atoms with Crippen molar-refractivity contribution in [3.63, 3.8) is 0 Å². The van der Waals surface area contributed by atoms with Gasteiger partial charge in [-0.05, 0) is 87.0 Å². The Hall–Kier alpha value is -3.73. The van der Waals surface area contributed by atoms with E-state index in [1.54, 1.807) is 6.20 Å². The van der Waals surface area contributed by atoms with Gasteiger partial charge in [0.25, 0.3) is 5.91 Å². The molecule has 2 aliphatic rings. The number of aromatic nitrogens is 2. The molecule has 3 aromatic rings. The van der Waals surface area contributed by atoms with E-state index in [2.05, 4.69) is 56.1 Å². The molecule has 7 nitrogen and oxygen atoms in total. The number of fused-ring (bicyclic) bond motifs is 1. The summed E-state index contributed by atoms with van der Waals surface area (Å²) in [5.74, 6) is 6.51. The molecule has 37 heavy (non-hydrogen) atoms. The van der Waals surface area contributed by atoms with Crippen LogP contribution in [0.4, 0.5) is 11.5 Å². The van der Waals surface area contributed by atoms with Gasteiger partial charge in [0.05, 0.1) is 11.9 Å². The standard InChI is InChI=1S/C30H34N6O/c1-20-7-10-25(18-22(20)8-11-26-19-32-29(31)21(2)33-26)34-30(37)24-9-12-27-23(17-24)5-4-6-28(27)36-15-13-35(3)14-16-36/h7,9-10,12,17-19,28H,4-6,13-16H2,1-3H3,(H2,31,32)(H,34,37)/t28-/m0/s1. The number of nitrogens with zero attached hydrogens (tertiary/aromatic N) is 4. The van der Waals surface area contributed by atoms with Gasteiger partial charge < -0.3 is 16.0 Å². The van der Waals surface area contributed by atoms with Crippen molar-refractivity contribution in [1.29, 1.82) is 0 Å². The molecule has 190 valence electrons. The molecular formula is C30H34N6O. The van der Waals surface area contributed by atoms with Gasteiger partial charge in [-0.1, -0.05) is 18.1 Å².